The molecule has 0 saturated carbocycles. The number of nitrogens with zero attached hydrogens (tertiary/aromatic N) is 1. The lowest BCUT2D eigenvalue weighted by Gasteiger charge is -2.10. The number of phenols is 1. The summed E-state index contributed by atoms with van der Waals surface area (Å²) in [5.74, 6) is -0.186. The van der Waals surface area contributed by atoms with E-state index in [1.54, 1.807) is 30.3 Å². The quantitative estimate of drug-likeness (QED) is 0.216. The van der Waals surface area contributed by atoms with Crippen LogP contribution in [0.3, 0.4) is 0 Å². The molecule has 10 heteroatoms. The van der Waals surface area contributed by atoms with E-state index in [4.69, 9.17) is 39.8 Å². The van der Waals surface area contributed by atoms with E-state index in [9.17, 15) is 9.90 Å². The highest BCUT2D eigenvalue weighted by atomic mass is 35.5. The number of oxazole rings is 1. The van der Waals surface area contributed by atoms with Gasteiger partial charge in [0, 0.05) is 26.9 Å². The lowest BCUT2D eigenvalue weighted by atomic mass is 10.2. The lowest BCUT2D eigenvalue weighted by molar-refractivity contribution is 0.0982. The van der Waals surface area contributed by atoms with Gasteiger partial charge in [0.05, 0.1) is 10.6 Å². The Morgan fingerprint density at radius 2 is 1.94 bits per heavy atom. The summed E-state index contributed by atoms with van der Waals surface area (Å²) < 4.78 is 6.56. The van der Waals surface area contributed by atoms with E-state index in [0.29, 0.717) is 43.2 Å². The minimum atomic E-state index is -0.442. The molecule has 0 bridgehead atoms. The number of phenolic OH excluding ortho intramolecular Hbond substituents is 1. The fraction of sp³-hybridized carbons (Fsp3) is 0.0417. The molecule has 0 aliphatic heterocycles. The maximum absolute atomic E-state index is 12.7. The first-order valence-corrected chi connectivity index (χ1v) is 12.0. The van der Waals surface area contributed by atoms with Gasteiger partial charge in [-0.2, -0.15) is 0 Å². The van der Waals surface area contributed by atoms with Crippen LogP contribution in [-0.2, 0) is 0 Å². The molecule has 0 spiro atoms. The summed E-state index contributed by atoms with van der Waals surface area (Å²) >= 11 is 18.9. The van der Waals surface area contributed by atoms with Gasteiger partial charge in [0.15, 0.2) is 10.7 Å². The largest absolute Gasteiger partial charge is 0.507 e. The van der Waals surface area contributed by atoms with E-state index in [1.807, 2.05) is 25.1 Å². The van der Waals surface area contributed by atoms with Crippen molar-refractivity contribution < 1.29 is 14.3 Å². The number of nitrogens with one attached hydrogen (secondary N) is 2. The van der Waals surface area contributed by atoms with E-state index in [1.165, 1.54) is 17.4 Å². The Morgan fingerprint density at radius 3 is 2.74 bits per heavy atom. The molecule has 6 nitrogen and oxygen atoms in total. The average Bonchev–Trinajstić information content (AvgIpc) is 3.34. The number of carbonyl (C=O) groups is 1. The van der Waals surface area contributed by atoms with Crippen molar-refractivity contribution in [2.75, 3.05) is 5.32 Å². The van der Waals surface area contributed by atoms with Gasteiger partial charge in [-0.25, -0.2) is 4.98 Å². The number of aromatic nitrogens is 1. The molecule has 1 amide bonds. The molecule has 2 heterocycles. The SMILES string of the molecule is Cc1ccc2oc(-c3ccc(NC(=S)NC(=O)c4sc5cc(Cl)ccc5c4Cl)cc3O)nc2c1. The third-order valence-corrected chi connectivity index (χ3v) is 7.15. The molecule has 34 heavy (non-hydrogen) atoms. The number of hydrogen-bond donors (Lipinski definition) is 3. The van der Waals surface area contributed by atoms with Crippen molar-refractivity contribution in [1.82, 2.24) is 10.3 Å². The van der Waals surface area contributed by atoms with Gasteiger partial charge in [-0.3, -0.25) is 10.1 Å². The highest BCUT2D eigenvalue weighted by molar-refractivity contribution is 7.80. The van der Waals surface area contributed by atoms with Crippen LogP contribution in [-0.4, -0.2) is 21.1 Å². The number of fused-ring (bicyclic) bond motifs is 2. The first-order chi connectivity index (χ1) is 16.3. The normalized spacial score (nSPS) is 11.1. The topological polar surface area (TPSA) is 87.4 Å². The Labute approximate surface area is 213 Å². The van der Waals surface area contributed by atoms with Gasteiger partial charge >= 0.3 is 0 Å². The van der Waals surface area contributed by atoms with Gasteiger partial charge in [0.2, 0.25) is 5.89 Å². The number of hydrogen-bond acceptors (Lipinski definition) is 6. The van der Waals surface area contributed by atoms with Crippen LogP contribution in [0.25, 0.3) is 32.6 Å². The first-order valence-electron chi connectivity index (χ1n) is 9.99. The average molecular weight is 528 g/mol. The maximum Gasteiger partial charge on any atom is 0.269 e. The van der Waals surface area contributed by atoms with Crippen LogP contribution in [0.2, 0.25) is 10.0 Å². The molecule has 0 fully saturated rings. The van der Waals surface area contributed by atoms with Gasteiger partial charge in [0.25, 0.3) is 5.91 Å². The molecule has 0 aliphatic carbocycles. The van der Waals surface area contributed by atoms with Gasteiger partial charge in [0.1, 0.15) is 16.1 Å². The van der Waals surface area contributed by atoms with Crippen LogP contribution in [0.4, 0.5) is 5.69 Å². The van der Waals surface area contributed by atoms with Gasteiger partial charge in [-0.15, -0.1) is 11.3 Å². The lowest BCUT2D eigenvalue weighted by Crippen LogP contribution is -2.33. The van der Waals surface area contributed by atoms with Crippen molar-refractivity contribution >= 4 is 84.6 Å². The van der Waals surface area contributed by atoms with E-state index in [2.05, 4.69) is 15.6 Å². The molecule has 3 aromatic carbocycles. The summed E-state index contributed by atoms with van der Waals surface area (Å²) in [5.41, 5.74) is 3.32. The number of rotatable bonds is 3. The van der Waals surface area contributed by atoms with Crippen molar-refractivity contribution in [3.63, 3.8) is 0 Å². The summed E-state index contributed by atoms with van der Waals surface area (Å²) in [7, 11) is 0. The minimum Gasteiger partial charge on any atom is -0.507 e. The number of halogens is 2. The van der Waals surface area contributed by atoms with E-state index < -0.39 is 5.91 Å². The molecule has 0 atom stereocenters. The van der Waals surface area contributed by atoms with Crippen molar-refractivity contribution in [2.24, 2.45) is 0 Å². The zero-order chi connectivity index (χ0) is 24.0. The molecule has 5 rings (SSSR count). The fourth-order valence-corrected chi connectivity index (χ4v) is 5.35. The zero-order valence-electron chi connectivity index (χ0n) is 17.5. The Bertz CT molecular complexity index is 1610. The Morgan fingerprint density at radius 1 is 1.12 bits per heavy atom. The molecule has 0 saturated heterocycles. The number of aryl methyl sites for hydroxylation is 1. The van der Waals surface area contributed by atoms with Crippen LogP contribution >= 0.6 is 46.8 Å². The number of amides is 1. The summed E-state index contributed by atoms with van der Waals surface area (Å²) in [6.45, 7) is 1.97. The third-order valence-electron chi connectivity index (χ3n) is 5.05. The van der Waals surface area contributed by atoms with Crippen LogP contribution < -0.4 is 10.6 Å². The van der Waals surface area contributed by atoms with E-state index in [-0.39, 0.29) is 10.9 Å². The summed E-state index contributed by atoms with van der Waals surface area (Å²) in [5, 5.41) is 17.7. The minimum absolute atomic E-state index is 0.0492. The predicted octanol–water partition coefficient (Wildman–Crippen LogP) is 7.16. The van der Waals surface area contributed by atoms with Crippen LogP contribution in [0.1, 0.15) is 15.2 Å². The highest BCUT2D eigenvalue weighted by Crippen LogP contribution is 2.37. The monoisotopic (exact) mass is 527 g/mol. The smallest absolute Gasteiger partial charge is 0.269 e. The first kappa shape index (κ1) is 22.6. The fourth-order valence-electron chi connectivity index (χ4n) is 3.45. The second kappa shape index (κ2) is 8.88. The number of anilines is 1. The highest BCUT2D eigenvalue weighted by Gasteiger charge is 2.19. The second-order valence-corrected chi connectivity index (χ2v) is 9.79. The zero-order valence-corrected chi connectivity index (χ0v) is 20.6. The Hall–Kier alpha value is -3.17. The predicted molar refractivity (Wildman–Crippen MR) is 141 cm³/mol. The second-order valence-electron chi connectivity index (χ2n) is 7.52. The van der Waals surface area contributed by atoms with Crippen molar-refractivity contribution in [1.29, 1.82) is 0 Å². The number of carbonyl (C=O) groups excluding carboxylic acids is 1. The third kappa shape index (κ3) is 4.33. The van der Waals surface area contributed by atoms with Crippen molar-refractivity contribution in [3.05, 3.63) is 75.1 Å². The van der Waals surface area contributed by atoms with E-state index >= 15 is 0 Å². The molecule has 170 valence electrons. The molecule has 0 unspecified atom stereocenters. The van der Waals surface area contributed by atoms with Gasteiger partial charge in [-0.1, -0.05) is 35.3 Å². The molecular formula is C24H15Cl2N3O3S2. The number of thiocarbonyl (C=S) groups is 1. The van der Waals surface area contributed by atoms with Gasteiger partial charge in [-0.05, 0) is 61.1 Å². The van der Waals surface area contributed by atoms with E-state index in [0.717, 1.165) is 15.6 Å². The number of aromatic hydroxyl groups is 1. The maximum atomic E-state index is 12.7. The van der Waals surface area contributed by atoms with Crippen molar-refractivity contribution in [2.45, 2.75) is 6.92 Å². The molecule has 2 aromatic heterocycles. The summed E-state index contributed by atoms with van der Waals surface area (Å²) in [6, 6.07) is 15.8. The molecule has 5 aromatic rings. The Balaban J connectivity index is 1.31. The molecular weight excluding hydrogens is 513 g/mol. The van der Waals surface area contributed by atoms with Crippen LogP contribution in [0.5, 0.6) is 5.75 Å². The molecule has 3 N–H and O–H groups in total. The van der Waals surface area contributed by atoms with Crippen LogP contribution in [0.15, 0.2) is 59.0 Å². The molecule has 0 aliphatic rings. The summed E-state index contributed by atoms with van der Waals surface area (Å²) in [4.78, 5) is 17.5. The number of thiophene rings is 1. The Kier molecular flexibility index (Phi) is 5.91. The standard InChI is InChI=1S/C24H15Cl2N3O3S2/c1-11-2-7-18-16(8-11)28-23(32-18)14-6-4-13(10-17(14)30)27-24(33)29-22(31)21-20(26)15-5-3-12(25)9-19(15)34-21/h2-10,30H,1H3,(H2,27,29,31,33). The number of benzene rings is 3. The van der Waals surface area contributed by atoms with Gasteiger partial charge < -0.3 is 14.8 Å². The van der Waals surface area contributed by atoms with Crippen molar-refractivity contribution in [3.8, 4) is 17.2 Å². The van der Waals surface area contributed by atoms with Crippen LogP contribution in [0, 0.1) is 6.92 Å². The molecule has 0 radical (unpaired) electrons. The summed E-state index contributed by atoms with van der Waals surface area (Å²) in [6.07, 6.45) is 0.